The van der Waals surface area contributed by atoms with E-state index in [0.29, 0.717) is 6.54 Å². The fourth-order valence-electron chi connectivity index (χ4n) is 16.0. The quantitative estimate of drug-likeness (QED) is 0.135. The first-order chi connectivity index (χ1) is 47.6. The molecule has 7 nitrogen and oxygen atoms in total. The van der Waals surface area contributed by atoms with Crippen LogP contribution >= 0.6 is 0 Å². The van der Waals surface area contributed by atoms with E-state index in [1.807, 2.05) is 12.1 Å². The van der Waals surface area contributed by atoms with E-state index in [-0.39, 0.29) is 12.6 Å². The van der Waals surface area contributed by atoms with Gasteiger partial charge >= 0.3 is 0 Å². The molecule has 0 N–H and O–H groups in total. The topological polar surface area (TPSA) is 62.9 Å². The molecule has 3 aliphatic rings. The Hall–Kier alpha value is -12.5. The number of aromatic nitrogens is 2. The van der Waals surface area contributed by atoms with Crippen LogP contribution in [0.2, 0.25) is 0 Å². The Kier molecular flexibility index (Phi) is 12.1. The molecule has 0 aliphatic carbocycles. The van der Waals surface area contributed by atoms with Crippen LogP contribution in [0.15, 0.2) is 335 Å². The molecule has 0 radical (unpaired) electrons. The third kappa shape index (κ3) is 8.35. The van der Waals surface area contributed by atoms with Gasteiger partial charge in [-0.05, 0) is 134 Å². The molecular weight excluding hydrogens is 1170 g/mol. The Labute approximate surface area is 554 Å². The molecule has 20 rings (SSSR count). The van der Waals surface area contributed by atoms with Gasteiger partial charge < -0.3 is 23.2 Å². The van der Waals surface area contributed by atoms with Gasteiger partial charge in [-0.1, -0.05) is 231 Å². The Morgan fingerprint density at radius 1 is 0.354 bits per heavy atom. The van der Waals surface area contributed by atoms with Gasteiger partial charge in [0.25, 0.3) is 6.71 Å². The number of hydrogen-bond donors (Lipinski definition) is 0. The molecule has 0 fully saturated rings. The molecule has 0 saturated carbocycles. The summed E-state index contributed by atoms with van der Waals surface area (Å²) in [4.78, 5) is 15.8. The van der Waals surface area contributed by atoms with Gasteiger partial charge in [-0.3, -0.25) is 9.98 Å². The van der Waals surface area contributed by atoms with Crippen LogP contribution in [0.5, 0.6) is 0 Å². The molecule has 0 spiro atoms. The molecule has 0 saturated heterocycles. The first-order valence-electron chi connectivity index (χ1n) is 32.9. The minimum absolute atomic E-state index is 0.158. The van der Waals surface area contributed by atoms with Crippen LogP contribution < -0.4 is 26.2 Å². The summed E-state index contributed by atoms with van der Waals surface area (Å²) < 4.78 is 15.5. The zero-order chi connectivity index (χ0) is 63.0. The zero-order valence-electron chi connectivity index (χ0n) is 52.0. The number of aliphatic imine (C=N–C) groups is 1. The van der Waals surface area contributed by atoms with Gasteiger partial charge in [-0.15, -0.1) is 0 Å². The molecule has 13 aromatic carbocycles. The summed E-state index contributed by atoms with van der Waals surface area (Å²) in [6.07, 6.45) is 6.29. The van der Waals surface area contributed by atoms with E-state index in [2.05, 4.69) is 324 Å². The van der Waals surface area contributed by atoms with E-state index in [4.69, 9.17) is 18.8 Å². The highest BCUT2D eigenvalue weighted by Gasteiger charge is 2.47. The number of nitrogens with zero attached hydrogens (tertiary/aromatic N) is 5. The van der Waals surface area contributed by atoms with Crippen molar-refractivity contribution >= 4 is 129 Å². The average Bonchev–Trinajstić information content (AvgIpc) is 0.722. The Balaban J connectivity index is 0.955. The molecule has 448 valence electrons. The second kappa shape index (κ2) is 21.5. The number of furan rings is 2. The van der Waals surface area contributed by atoms with Crippen molar-refractivity contribution in [3.63, 3.8) is 0 Å². The van der Waals surface area contributed by atoms with E-state index in [1.165, 1.54) is 32.7 Å². The van der Waals surface area contributed by atoms with Crippen LogP contribution in [0.1, 0.15) is 17.0 Å². The van der Waals surface area contributed by atoms with E-state index in [1.54, 1.807) is 0 Å². The second-order valence-electron chi connectivity index (χ2n) is 25.5. The van der Waals surface area contributed by atoms with Crippen molar-refractivity contribution in [3.8, 4) is 50.2 Å². The predicted octanol–water partition coefficient (Wildman–Crippen LogP) is 20.7. The van der Waals surface area contributed by atoms with E-state index in [0.717, 1.165) is 150 Å². The van der Waals surface area contributed by atoms with Crippen molar-refractivity contribution in [1.29, 1.82) is 0 Å². The number of dihydropyridines is 1. The van der Waals surface area contributed by atoms with Crippen LogP contribution in [0.25, 0.3) is 121 Å². The maximum Gasteiger partial charge on any atom is 0.252 e. The monoisotopic (exact) mass is 1230 g/mol. The lowest BCUT2D eigenvalue weighted by molar-refractivity contribution is 0.668. The number of allylic oxidation sites excluding steroid dienone is 1. The molecule has 1 atom stereocenters. The normalized spacial score (nSPS) is 14.2. The van der Waals surface area contributed by atoms with Crippen molar-refractivity contribution in [3.05, 3.63) is 333 Å². The van der Waals surface area contributed by atoms with Gasteiger partial charge in [0.1, 0.15) is 22.3 Å². The van der Waals surface area contributed by atoms with Crippen molar-refractivity contribution < 1.29 is 8.83 Å². The van der Waals surface area contributed by atoms with Gasteiger partial charge in [0.05, 0.1) is 29.0 Å². The summed E-state index contributed by atoms with van der Waals surface area (Å²) in [5, 5.41) is 6.73. The number of para-hydroxylation sites is 4. The average molecular weight is 1230 g/mol. The Morgan fingerprint density at radius 3 is 1.34 bits per heavy atom. The minimum Gasteiger partial charge on any atom is -0.456 e. The molecule has 96 heavy (non-hydrogen) atoms. The molecule has 0 bridgehead atoms. The number of pyridine rings is 1. The lowest BCUT2D eigenvalue weighted by Gasteiger charge is -2.47. The fourth-order valence-corrected chi connectivity index (χ4v) is 16.0. The third-order valence-electron chi connectivity index (χ3n) is 20.3. The molecule has 0 amide bonds. The fraction of sp³-hybridized carbons (Fsp3) is 0.0227. The van der Waals surface area contributed by atoms with Gasteiger partial charge in [0.15, 0.2) is 0 Å². The van der Waals surface area contributed by atoms with Gasteiger partial charge in [0.2, 0.25) is 0 Å². The molecule has 4 aromatic heterocycles. The van der Waals surface area contributed by atoms with Crippen molar-refractivity contribution in [1.82, 2.24) is 9.55 Å². The predicted molar refractivity (Wildman–Crippen MR) is 399 cm³/mol. The van der Waals surface area contributed by atoms with Crippen LogP contribution in [0.3, 0.4) is 0 Å². The lowest BCUT2D eigenvalue weighted by Crippen LogP contribution is -2.62. The highest BCUT2D eigenvalue weighted by molar-refractivity contribution is 7.00. The Morgan fingerprint density at radius 2 is 0.792 bits per heavy atom. The summed E-state index contributed by atoms with van der Waals surface area (Å²) in [5.74, 6) is -0.158. The van der Waals surface area contributed by atoms with Gasteiger partial charge in [-0.25, -0.2) is 0 Å². The molecule has 3 aliphatic heterocycles. The number of benzene rings is 13. The van der Waals surface area contributed by atoms with Crippen molar-refractivity contribution in [2.24, 2.45) is 4.99 Å². The van der Waals surface area contributed by atoms with Crippen molar-refractivity contribution in [2.75, 3.05) is 16.3 Å². The summed E-state index contributed by atoms with van der Waals surface area (Å²) >= 11 is 0. The number of anilines is 5. The summed E-state index contributed by atoms with van der Waals surface area (Å²) in [6, 6.07) is 111. The maximum atomic E-state index is 6.49. The standard InChI is InChI=1S/C88H56BN5O2/c1-5-21-55(22-6-1)70-51-90-52-71(56-23-7-2-8-24-56)87(70)93-78-47-61(59-39-43-84-68(45-59)66-31-15-19-35-82(66)95-84)37-41-74(78)89-75-42-38-62(60-40-44-85-69(46-60)67-32-16-20-36-83(67)96-85)48-79(75)94(88-72(57-25-9-3-10-26-57)53-91-54-73(88)58-27-11-4-12-28-58)81-50-63(49-80(93)86(81)89)92-76-33-17-13-29-64(76)65-30-14-18-34-77(65)92/h1-53,73H,54H2. The maximum absolute atomic E-state index is 6.49. The van der Waals surface area contributed by atoms with Crippen molar-refractivity contribution in [2.45, 2.75) is 5.92 Å². The summed E-state index contributed by atoms with van der Waals surface area (Å²) in [6.45, 7) is 0.290. The molecule has 7 heterocycles. The largest absolute Gasteiger partial charge is 0.456 e. The number of fused-ring (bicyclic) bond motifs is 13. The second-order valence-corrected chi connectivity index (χ2v) is 25.5. The number of rotatable bonds is 9. The molecule has 8 heteroatoms. The molecular formula is C88H56BN5O2. The van der Waals surface area contributed by atoms with E-state index < -0.39 is 0 Å². The first-order valence-corrected chi connectivity index (χ1v) is 32.9. The zero-order valence-corrected chi connectivity index (χ0v) is 52.0. The van der Waals surface area contributed by atoms with E-state index in [9.17, 15) is 0 Å². The highest BCUT2D eigenvalue weighted by atomic mass is 16.3. The van der Waals surface area contributed by atoms with Gasteiger partial charge in [0, 0.05) is 102 Å². The van der Waals surface area contributed by atoms with Crippen LogP contribution in [-0.2, 0) is 0 Å². The molecule has 1 unspecified atom stereocenters. The SMILES string of the molecule is C1=NCC(c2ccccc2)C(N2c3cc(-c4ccc5oc6ccccc6c5c4)ccc3B3c4ccc(-c5ccc6oc7ccccc7c6c5)cc4N(c4c(-c5ccccc5)cncc4-c4ccccc4)c4cc(-n5c6ccccc6c6ccccc65)cc2c43)=C1c1ccccc1. The van der Waals surface area contributed by atoms with Crippen LogP contribution in [0, 0.1) is 0 Å². The van der Waals surface area contributed by atoms with Crippen LogP contribution in [0.4, 0.5) is 28.4 Å². The number of hydrogen-bond acceptors (Lipinski definition) is 6. The van der Waals surface area contributed by atoms with Gasteiger partial charge in [-0.2, -0.15) is 0 Å². The van der Waals surface area contributed by atoms with Crippen LogP contribution in [-0.4, -0.2) is 29.0 Å². The Bertz CT molecular complexity index is 5980. The lowest BCUT2D eigenvalue weighted by atomic mass is 9.33. The summed E-state index contributed by atoms with van der Waals surface area (Å²) in [5.41, 5.74) is 28.7. The summed E-state index contributed by atoms with van der Waals surface area (Å²) in [7, 11) is 0. The molecule has 17 aromatic rings. The first kappa shape index (κ1) is 54.1. The highest BCUT2D eigenvalue weighted by Crippen LogP contribution is 2.53. The minimum atomic E-state index is -0.265. The van der Waals surface area contributed by atoms with E-state index >= 15 is 0 Å². The third-order valence-corrected chi connectivity index (χ3v) is 20.3. The smallest absolute Gasteiger partial charge is 0.252 e.